The molecule has 4 saturated carbocycles. The van der Waals surface area contributed by atoms with Crippen LogP contribution in [0.4, 0.5) is 0 Å². The second kappa shape index (κ2) is 7.98. The van der Waals surface area contributed by atoms with Gasteiger partial charge in [0.05, 0.1) is 12.2 Å². The number of hydrogen-bond donors (Lipinski definition) is 0. The lowest BCUT2D eigenvalue weighted by Gasteiger charge is -2.61. The maximum atomic E-state index is 6.37. The monoisotopic (exact) mass is 376 g/mol. The van der Waals surface area contributed by atoms with E-state index in [0.29, 0.717) is 23.0 Å². The molecule has 0 aromatic rings. The van der Waals surface area contributed by atoms with E-state index >= 15 is 0 Å². The molecule has 0 amide bonds. The topological polar surface area (TPSA) is 18.5 Å². The number of hydrogen-bond acceptors (Lipinski definition) is 2. The zero-order valence-electron chi connectivity index (χ0n) is 18.5. The van der Waals surface area contributed by atoms with Crippen LogP contribution in [-0.4, -0.2) is 25.4 Å². The van der Waals surface area contributed by atoms with Crippen molar-refractivity contribution in [3.8, 4) is 0 Å². The van der Waals surface area contributed by atoms with Gasteiger partial charge in [-0.2, -0.15) is 0 Å². The summed E-state index contributed by atoms with van der Waals surface area (Å²) in [5.74, 6) is 3.76. The summed E-state index contributed by atoms with van der Waals surface area (Å²) in [6, 6.07) is 0. The zero-order valence-corrected chi connectivity index (χ0v) is 18.5. The maximum absolute atomic E-state index is 6.37. The molecule has 0 aromatic heterocycles. The Morgan fingerprint density at radius 3 is 2.22 bits per heavy atom. The van der Waals surface area contributed by atoms with Crippen LogP contribution in [0.15, 0.2) is 0 Å². The SMILES string of the molecule is CCCO[C@H]1CC[C@@]2(C)[C@@H](CC[C@H]3[C@H]2CC[C@]2(C)[C@@H](OCCC)CC[C@H]32)C1. The lowest BCUT2D eigenvalue weighted by atomic mass is 9.45. The van der Waals surface area contributed by atoms with Gasteiger partial charge in [-0.1, -0.05) is 27.7 Å². The highest BCUT2D eigenvalue weighted by Gasteiger charge is 2.60. The molecule has 0 N–H and O–H groups in total. The molecule has 0 aliphatic heterocycles. The highest BCUT2D eigenvalue weighted by Crippen LogP contribution is 2.66. The highest BCUT2D eigenvalue weighted by molar-refractivity contribution is 5.09. The Morgan fingerprint density at radius 1 is 0.741 bits per heavy atom. The van der Waals surface area contributed by atoms with Crippen molar-refractivity contribution < 1.29 is 9.47 Å². The van der Waals surface area contributed by atoms with E-state index in [0.717, 1.165) is 49.7 Å². The molecule has 2 heteroatoms. The third-order valence-corrected chi connectivity index (χ3v) is 9.61. The Kier molecular flexibility index (Phi) is 5.97. The quantitative estimate of drug-likeness (QED) is 0.518. The average Bonchev–Trinajstić information content (AvgIpc) is 3.01. The average molecular weight is 377 g/mol. The molecule has 4 rings (SSSR count). The molecule has 0 aromatic carbocycles. The van der Waals surface area contributed by atoms with Crippen molar-refractivity contribution in [3.63, 3.8) is 0 Å². The summed E-state index contributed by atoms with van der Waals surface area (Å²) in [7, 11) is 0. The van der Waals surface area contributed by atoms with E-state index in [4.69, 9.17) is 9.47 Å². The van der Waals surface area contributed by atoms with Gasteiger partial charge in [0.1, 0.15) is 0 Å². The normalized spacial score (nSPS) is 49.3. The van der Waals surface area contributed by atoms with Crippen molar-refractivity contribution in [1.29, 1.82) is 0 Å². The minimum atomic E-state index is 0.459. The lowest BCUT2D eigenvalue weighted by Crippen LogP contribution is -2.54. The molecule has 4 aliphatic rings. The summed E-state index contributed by atoms with van der Waals surface area (Å²) in [5, 5.41) is 0. The highest BCUT2D eigenvalue weighted by atomic mass is 16.5. The molecule has 0 spiro atoms. The molecule has 4 fully saturated rings. The minimum absolute atomic E-state index is 0.459. The second-order valence-electron chi connectivity index (χ2n) is 10.9. The van der Waals surface area contributed by atoms with Crippen LogP contribution in [-0.2, 0) is 9.47 Å². The van der Waals surface area contributed by atoms with Gasteiger partial charge in [-0.3, -0.25) is 0 Å². The molecule has 8 atom stereocenters. The maximum Gasteiger partial charge on any atom is 0.0631 e. The van der Waals surface area contributed by atoms with Crippen molar-refractivity contribution in [2.24, 2.45) is 34.5 Å². The summed E-state index contributed by atoms with van der Waals surface area (Å²) in [4.78, 5) is 0. The molecule has 0 heterocycles. The first kappa shape index (κ1) is 20.2. The molecule has 156 valence electrons. The van der Waals surface area contributed by atoms with E-state index in [1.807, 2.05) is 0 Å². The van der Waals surface area contributed by atoms with E-state index in [2.05, 4.69) is 27.7 Å². The van der Waals surface area contributed by atoms with Crippen LogP contribution in [0, 0.1) is 34.5 Å². The predicted octanol–water partition coefficient (Wildman–Crippen LogP) is 6.62. The van der Waals surface area contributed by atoms with Gasteiger partial charge >= 0.3 is 0 Å². The van der Waals surface area contributed by atoms with Crippen molar-refractivity contribution in [3.05, 3.63) is 0 Å². The van der Waals surface area contributed by atoms with Gasteiger partial charge in [0.25, 0.3) is 0 Å². The smallest absolute Gasteiger partial charge is 0.0631 e. The van der Waals surface area contributed by atoms with E-state index in [-0.39, 0.29) is 0 Å². The van der Waals surface area contributed by atoms with Crippen LogP contribution in [0.2, 0.25) is 0 Å². The van der Waals surface area contributed by atoms with Crippen molar-refractivity contribution in [1.82, 2.24) is 0 Å². The van der Waals surface area contributed by atoms with Gasteiger partial charge in [-0.05, 0) is 105 Å². The van der Waals surface area contributed by atoms with Gasteiger partial charge in [0.2, 0.25) is 0 Å². The van der Waals surface area contributed by atoms with Crippen molar-refractivity contribution >= 4 is 0 Å². The Bertz CT molecular complexity index is 505. The summed E-state index contributed by atoms with van der Waals surface area (Å²) >= 11 is 0. The van der Waals surface area contributed by atoms with Gasteiger partial charge < -0.3 is 9.47 Å². The van der Waals surface area contributed by atoms with E-state index in [9.17, 15) is 0 Å². The molecule has 27 heavy (non-hydrogen) atoms. The van der Waals surface area contributed by atoms with Crippen LogP contribution >= 0.6 is 0 Å². The van der Waals surface area contributed by atoms with Crippen molar-refractivity contribution in [2.45, 2.75) is 111 Å². The first-order chi connectivity index (χ1) is 13.0. The fraction of sp³-hybridized carbons (Fsp3) is 1.00. The molecule has 0 radical (unpaired) electrons. The Hall–Kier alpha value is -0.0800. The summed E-state index contributed by atoms with van der Waals surface area (Å²) in [6.45, 7) is 11.7. The Labute approximate surface area is 168 Å². The number of rotatable bonds is 6. The molecular weight excluding hydrogens is 332 g/mol. The Balaban J connectivity index is 1.46. The number of ether oxygens (including phenoxy) is 2. The Morgan fingerprint density at radius 2 is 1.44 bits per heavy atom. The van der Waals surface area contributed by atoms with E-state index in [1.165, 1.54) is 57.8 Å². The van der Waals surface area contributed by atoms with Gasteiger partial charge in [-0.15, -0.1) is 0 Å². The summed E-state index contributed by atoms with van der Waals surface area (Å²) in [6.07, 6.45) is 16.0. The lowest BCUT2D eigenvalue weighted by molar-refractivity contribution is -0.146. The predicted molar refractivity (Wildman–Crippen MR) is 112 cm³/mol. The van der Waals surface area contributed by atoms with Gasteiger partial charge in [0, 0.05) is 13.2 Å². The van der Waals surface area contributed by atoms with Gasteiger partial charge in [-0.25, -0.2) is 0 Å². The second-order valence-corrected chi connectivity index (χ2v) is 10.9. The molecular formula is C25H44O2. The first-order valence-corrected chi connectivity index (χ1v) is 12.3. The third kappa shape index (κ3) is 3.41. The molecule has 0 saturated heterocycles. The van der Waals surface area contributed by atoms with Crippen LogP contribution in [0.3, 0.4) is 0 Å². The first-order valence-electron chi connectivity index (χ1n) is 12.3. The summed E-state index contributed by atoms with van der Waals surface area (Å²) in [5.41, 5.74) is 1.04. The fourth-order valence-corrected chi connectivity index (χ4v) is 8.14. The van der Waals surface area contributed by atoms with Crippen LogP contribution < -0.4 is 0 Å². The van der Waals surface area contributed by atoms with Crippen LogP contribution in [0.1, 0.15) is 98.3 Å². The zero-order chi connectivity index (χ0) is 19.1. The van der Waals surface area contributed by atoms with Crippen molar-refractivity contribution in [2.75, 3.05) is 13.2 Å². The standard InChI is InChI=1S/C25H44O2/c1-5-15-26-19-11-13-24(3)18(17-19)7-8-20-21-9-10-23(27-16-6-2)25(21,4)14-12-22(20)24/h18-23H,5-17H2,1-4H3/t18-,19-,20+,21+,22+,23-,24-,25-/m0/s1. The van der Waals surface area contributed by atoms with E-state index in [1.54, 1.807) is 0 Å². The fourth-order valence-electron chi connectivity index (χ4n) is 8.14. The molecule has 2 nitrogen and oxygen atoms in total. The van der Waals surface area contributed by atoms with Crippen LogP contribution in [0.25, 0.3) is 0 Å². The van der Waals surface area contributed by atoms with E-state index < -0.39 is 0 Å². The van der Waals surface area contributed by atoms with Crippen LogP contribution in [0.5, 0.6) is 0 Å². The third-order valence-electron chi connectivity index (χ3n) is 9.61. The largest absolute Gasteiger partial charge is 0.378 e. The molecule has 0 bridgehead atoms. The molecule has 4 aliphatic carbocycles. The molecule has 0 unspecified atom stereocenters. The minimum Gasteiger partial charge on any atom is -0.378 e. The summed E-state index contributed by atoms with van der Waals surface area (Å²) < 4.78 is 12.6. The van der Waals surface area contributed by atoms with Gasteiger partial charge in [0.15, 0.2) is 0 Å². The number of fused-ring (bicyclic) bond motifs is 5.